The summed E-state index contributed by atoms with van der Waals surface area (Å²) in [6.45, 7) is 14.5. The minimum atomic E-state index is -0.859. The molecule has 8 aromatic rings. The Morgan fingerprint density at radius 1 is 0.389 bits per heavy atom. The molecule has 0 N–H and O–H groups in total. The number of hydrogen-bond acceptors (Lipinski definition) is 2. The summed E-state index contributed by atoms with van der Waals surface area (Å²) in [7, 11) is -1.72. The molecule has 54 heavy (non-hydrogen) atoms. The van der Waals surface area contributed by atoms with Crippen LogP contribution in [0.4, 0.5) is 0 Å². The molecule has 2 aliphatic heterocycles. The van der Waals surface area contributed by atoms with Crippen molar-refractivity contribution in [3.8, 4) is 33.8 Å². The highest BCUT2D eigenvalue weighted by Gasteiger charge is 2.55. The Balaban J connectivity index is 1.18. The topological polar surface area (TPSA) is 18.5 Å². The summed E-state index contributed by atoms with van der Waals surface area (Å²) >= 11 is 0. The summed E-state index contributed by atoms with van der Waals surface area (Å²) in [6.07, 6.45) is 0. The van der Waals surface area contributed by atoms with Gasteiger partial charge in [0.15, 0.2) is 11.7 Å². The van der Waals surface area contributed by atoms with Crippen LogP contribution >= 0.6 is 15.8 Å². The molecule has 2 nitrogen and oxygen atoms in total. The van der Waals surface area contributed by atoms with Crippen LogP contribution in [-0.2, 0) is 0 Å². The normalized spacial score (nSPS) is 19.6. The predicted octanol–water partition coefficient (Wildman–Crippen LogP) is 13.6. The van der Waals surface area contributed by atoms with Crippen LogP contribution in [0.2, 0.25) is 0 Å². The van der Waals surface area contributed by atoms with Gasteiger partial charge in [-0.2, -0.15) is 0 Å². The molecule has 2 heterocycles. The average molecular weight is 739 g/mol. The van der Waals surface area contributed by atoms with Crippen LogP contribution in [-0.4, -0.2) is 22.0 Å². The molecule has 0 amide bonds. The molecule has 0 bridgehead atoms. The third kappa shape index (κ3) is 5.21. The molecule has 0 aliphatic carbocycles. The number of benzene rings is 8. The van der Waals surface area contributed by atoms with Gasteiger partial charge >= 0.3 is 0 Å². The van der Waals surface area contributed by atoms with Crippen molar-refractivity contribution in [2.75, 3.05) is 0 Å². The number of ether oxygens (including phenoxy) is 2. The van der Waals surface area contributed by atoms with Gasteiger partial charge in [-0.3, -0.25) is 0 Å². The van der Waals surface area contributed by atoms with Crippen LogP contribution < -0.4 is 20.1 Å². The summed E-state index contributed by atoms with van der Waals surface area (Å²) in [5.41, 5.74) is 5.20. The first kappa shape index (κ1) is 33.8. The minimum Gasteiger partial charge on any atom is -0.481 e. The highest BCUT2D eigenvalue weighted by atomic mass is 31.1. The lowest BCUT2D eigenvalue weighted by Crippen LogP contribution is -2.38. The first-order chi connectivity index (χ1) is 26.1. The lowest BCUT2D eigenvalue weighted by molar-refractivity contribution is 0.171. The van der Waals surface area contributed by atoms with Gasteiger partial charge in [-0.05, 0) is 116 Å². The Kier molecular flexibility index (Phi) is 7.76. The standard InChI is InChI=1S/C50H44O2P2/c1-49(2,3)53-45-39(43-35-21-11-7-17-31(35)29-32-18-8-12-22-36(32)43)25-15-27-41(45)51-47(53)48-52-42-28-16-26-40(46(42)54(48)50(4,5)6)44-37-23-13-9-19-33(37)30-34-20-10-14-24-38(34)44/h7-30,47-48H,1-6H3/t47-,48+,53?,54?. The van der Waals surface area contributed by atoms with E-state index >= 15 is 0 Å². The molecule has 4 atom stereocenters. The molecule has 2 aliphatic rings. The van der Waals surface area contributed by atoms with Gasteiger partial charge in [0.05, 0.1) is 0 Å². The molecule has 4 heteroatoms. The van der Waals surface area contributed by atoms with E-state index in [1.807, 2.05) is 0 Å². The summed E-state index contributed by atoms with van der Waals surface area (Å²) in [5.74, 6) is 1.82. The second-order valence-electron chi connectivity index (χ2n) is 16.8. The van der Waals surface area contributed by atoms with E-state index in [-0.39, 0.29) is 22.0 Å². The van der Waals surface area contributed by atoms with Gasteiger partial charge in [-0.1, -0.05) is 163 Å². The molecular formula is C50H44O2P2. The second-order valence-corrected chi connectivity index (χ2v) is 22.9. The van der Waals surface area contributed by atoms with E-state index in [2.05, 4.69) is 187 Å². The van der Waals surface area contributed by atoms with Gasteiger partial charge in [0, 0.05) is 10.6 Å². The molecule has 0 aromatic heterocycles. The number of rotatable bonds is 3. The van der Waals surface area contributed by atoms with Crippen LogP contribution in [0, 0.1) is 0 Å². The zero-order valence-corrected chi connectivity index (χ0v) is 33.5. The molecule has 0 fully saturated rings. The van der Waals surface area contributed by atoms with Crippen molar-refractivity contribution in [2.45, 2.75) is 63.5 Å². The molecule has 0 spiro atoms. The fourth-order valence-electron chi connectivity index (χ4n) is 9.17. The molecule has 0 saturated heterocycles. The zero-order valence-electron chi connectivity index (χ0n) is 31.7. The summed E-state index contributed by atoms with van der Waals surface area (Å²) < 4.78 is 14.8. The van der Waals surface area contributed by atoms with Crippen LogP contribution in [0.3, 0.4) is 0 Å². The van der Waals surface area contributed by atoms with Gasteiger partial charge in [0.2, 0.25) is 0 Å². The van der Waals surface area contributed by atoms with Crippen molar-refractivity contribution in [1.29, 1.82) is 0 Å². The lowest BCUT2D eigenvalue weighted by Gasteiger charge is -2.40. The maximum Gasteiger partial charge on any atom is 0.162 e. The SMILES string of the molecule is CC(C)(C)P1c2c(cccc2-c2c3ccccc3cc3ccccc23)O[C@@H]1[C@@H]1Oc2cccc(-c3c4ccccc4cc4ccccc34)c2P1C(C)(C)C. The Morgan fingerprint density at radius 3 is 1.02 bits per heavy atom. The fraction of sp³-hybridized carbons (Fsp3) is 0.200. The van der Waals surface area contributed by atoms with Gasteiger partial charge in [0.25, 0.3) is 0 Å². The van der Waals surface area contributed by atoms with E-state index < -0.39 is 15.8 Å². The Morgan fingerprint density at radius 2 is 0.704 bits per heavy atom. The van der Waals surface area contributed by atoms with E-state index in [1.54, 1.807) is 0 Å². The monoisotopic (exact) mass is 738 g/mol. The maximum atomic E-state index is 7.38. The maximum absolute atomic E-state index is 7.38. The van der Waals surface area contributed by atoms with Crippen molar-refractivity contribution < 1.29 is 9.47 Å². The van der Waals surface area contributed by atoms with E-state index in [0.717, 1.165) is 11.5 Å². The third-order valence-electron chi connectivity index (χ3n) is 11.3. The van der Waals surface area contributed by atoms with E-state index in [9.17, 15) is 0 Å². The first-order valence-corrected chi connectivity index (χ1v) is 21.9. The number of hydrogen-bond donors (Lipinski definition) is 0. The summed E-state index contributed by atoms with van der Waals surface area (Å²) in [5, 5.41) is 12.8. The molecule has 0 saturated carbocycles. The van der Waals surface area contributed by atoms with Crippen molar-refractivity contribution >= 4 is 69.5 Å². The summed E-state index contributed by atoms with van der Waals surface area (Å²) in [6, 6.07) is 53.6. The van der Waals surface area contributed by atoms with Crippen molar-refractivity contribution in [3.05, 3.63) is 146 Å². The highest BCUT2D eigenvalue weighted by molar-refractivity contribution is 7.72. The quantitative estimate of drug-likeness (QED) is 0.133. The van der Waals surface area contributed by atoms with Crippen LogP contribution in [0.25, 0.3) is 65.3 Å². The van der Waals surface area contributed by atoms with E-state index in [4.69, 9.17) is 9.47 Å². The Hall–Kier alpha value is -4.74. The molecule has 2 unspecified atom stereocenters. The summed E-state index contributed by atoms with van der Waals surface area (Å²) in [4.78, 5) is 0. The zero-order chi connectivity index (χ0) is 36.9. The number of fused-ring (bicyclic) bond motifs is 6. The minimum absolute atomic E-state index is 0.0482. The lowest BCUT2D eigenvalue weighted by atomic mass is 9.92. The molecule has 0 radical (unpaired) electrons. The van der Waals surface area contributed by atoms with Crippen LogP contribution in [0.1, 0.15) is 41.5 Å². The van der Waals surface area contributed by atoms with Crippen molar-refractivity contribution in [2.24, 2.45) is 0 Å². The average Bonchev–Trinajstić information content (AvgIpc) is 3.76. The second kappa shape index (κ2) is 12.4. The fourth-order valence-corrected chi connectivity index (χ4v) is 16.0. The van der Waals surface area contributed by atoms with E-state index in [0.29, 0.717) is 0 Å². The molecule has 8 aromatic carbocycles. The van der Waals surface area contributed by atoms with Gasteiger partial charge in [0.1, 0.15) is 11.5 Å². The molecule has 266 valence electrons. The molecule has 10 rings (SSSR count). The highest BCUT2D eigenvalue weighted by Crippen LogP contribution is 2.70. The third-order valence-corrected chi connectivity index (χ3v) is 18.0. The van der Waals surface area contributed by atoms with Gasteiger partial charge in [-0.25, -0.2) is 0 Å². The van der Waals surface area contributed by atoms with Crippen LogP contribution in [0.5, 0.6) is 11.5 Å². The Bertz CT molecular complexity index is 2490. The predicted molar refractivity (Wildman–Crippen MR) is 235 cm³/mol. The van der Waals surface area contributed by atoms with Gasteiger partial charge in [-0.15, -0.1) is 0 Å². The van der Waals surface area contributed by atoms with Crippen molar-refractivity contribution in [3.63, 3.8) is 0 Å². The largest absolute Gasteiger partial charge is 0.481 e. The van der Waals surface area contributed by atoms with Crippen LogP contribution in [0.15, 0.2) is 146 Å². The Labute approximate surface area is 320 Å². The first-order valence-electron chi connectivity index (χ1n) is 19.1. The smallest absolute Gasteiger partial charge is 0.162 e. The molecular weight excluding hydrogens is 694 g/mol. The van der Waals surface area contributed by atoms with E-state index in [1.165, 1.54) is 76.0 Å². The van der Waals surface area contributed by atoms with Gasteiger partial charge < -0.3 is 9.47 Å². The van der Waals surface area contributed by atoms with Crippen molar-refractivity contribution in [1.82, 2.24) is 0 Å².